The normalized spacial score (nSPS) is 19.3. The third-order valence-corrected chi connectivity index (χ3v) is 3.52. The Labute approximate surface area is 128 Å². The highest BCUT2D eigenvalue weighted by Gasteiger charge is 2.45. The molecule has 1 aromatic carbocycles. The summed E-state index contributed by atoms with van der Waals surface area (Å²) in [6.45, 7) is 0. The van der Waals surface area contributed by atoms with E-state index in [1.807, 2.05) is 0 Å². The highest BCUT2D eigenvalue weighted by Crippen LogP contribution is 2.38. The summed E-state index contributed by atoms with van der Waals surface area (Å²) in [6.07, 6.45) is -6.03. The van der Waals surface area contributed by atoms with Crippen molar-refractivity contribution in [3.8, 4) is 0 Å². The quantitative estimate of drug-likeness (QED) is 0.636. The number of Topliss-reactive ketones (excluding diaryl/α,β-unsaturated/α-hetero) is 1. The van der Waals surface area contributed by atoms with Crippen molar-refractivity contribution in [1.29, 1.82) is 0 Å². The number of carbonyl (C=O) groups is 1. The van der Waals surface area contributed by atoms with E-state index in [-0.39, 0.29) is 16.2 Å². The monoisotopic (exact) mass is 333 g/mol. The van der Waals surface area contributed by atoms with Crippen LogP contribution in [0.3, 0.4) is 0 Å². The Balaban J connectivity index is 2.20. The number of hydrogen-bond acceptors (Lipinski definition) is 3. The molecule has 8 heteroatoms. The molecule has 0 fully saturated rings. The Bertz CT molecular complexity index is 654. The zero-order chi connectivity index (χ0) is 16.5. The molecule has 0 aliphatic heterocycles. The number of alkyl halides is 3. The van der Waals surface area contributed by atoms with Crippen LogP contribution in [0.2, 0.25) is 0 Å². The fourth-order valence-electron chi connectivity index (χ4n) is 2.14. The highest BCUT2D eigenvalue weighted by atomic mass is 32.1. The predicted octanol–water partition coefficient (Wildman–Crippen LogP) is 3.92. The van der Waals surface area contributed by atoms with Crippen LogP contribution in [0.15, 0.2) is 35.6 Å². The van der Waals surface area contributed by atoms with Gasteiger partial charge in [0, 0.05) is 18.5 Å². The maximum atomic E-state index is 13.1. The Hall–Kier alpha value is -1.96. The number of benzene rings is 1. The first kappa shape index (κ1) is 16.4. The van der Waals surface area contributed by atoms with Gasteiger partial charge in [-0.25, -0.2) is 4.39 Å². The van der Waals surface area contributed by atoms with E-state index in [0.29, 0.717) is 0 Å². The Morgan fingerprint density at radius 2 is 2.00 bits per heavy atom. The molecule has 1 aromatic rings. The SMILES string of the molecule is O=C1CC(C(F)(F)F)CC(O)=C1C(=S)Nc1cccc(F)c1. The van der Waals surface area contributed by atoms with Crippen LogP contribution in [0.4, 0.5) is 23.2 Å². The molecule has 1 aliphatic carbocycles. The number of ketones is 1. The Kier molecular flexibility index (Phi) is 4.50. The number of hydrogen-bond donors (Lipinski definition) is 2. The minimum atomic E-state index is -4.56. The van der Waals surface area contributed by atoms with Gasteiger partial charge in [0.15, 0.2) is 5.78 Å². The van der Waals surface area contributed by atoms with Gasteiger partial charge in [0.1, 0.15) is 16.6 Å². The van der Waals surface area contributed by atoms with Gasteiger partial charge in [0.25, 0.3) is 0 Å². The maximum absolute atomic E-state index is 13.1. The van der Waals surface area contributed by atoms with Crippen LogP contribution >= 0.6 is 12.2 Å². The van der Waals surface area contributed by atoms with Gasteiger partial charge >= 0.3 is 6.18 Å². The summed E-state index contributed by atoms with van der Waals surface area (Å²) in [5.74, 6) is -4.05. The number of aliphatic hydroxyl groups excluding tert-OH is 1. The first-order valence-electron chi connectivity index (χ1n) is 6.27. The second-order valence-corrected chi connectivity index (χ2v) is 5.26. The van der Waals surface area contributed by atoms with Crippen LogP contribution in [0.5, 0.6) is 0 Å². The number of aliphatic hydroxyl groups is 1. The lowest BCUT2D eigenvalue weighted by atomic mass is 9.86. The summed E-state index contributed by atoms with van der Waals surface area (Å²) in [5, 5.41) is 12.3. The molecule has 1 aliphatic rings. The average molecular weight is 333 g/mol. The molecule has 3 nitrogen and oxygen atoms in total. The molecule has 0 heterocycles. The van der Waals surface area contributed by atoms with Crippen molar-refractivity contribution in [3.05, 3.63) is 41.4 Å². The zero-order valence-corrected chi connectivity index (χ0v) is 11.9. The number of halogens is 4. The molecule has 1 atom stereocenters. The molecule has 0 spiro atoms. The second kappa shape index (κ2) is 6.04. The molecule has 0 amide bonds. The van der Waals surface area contributed by atoms with Crippen LogP contribution < -0.4 is 5.32 Å². The van der Waals surface area contributed by atoms with E-state index in [2.05, 4.69) is 5.32 Å². The van der Waals surface area contributed by atoms with Crippen LogP contribution in [-0.4, -0.2) is 22.1 Å². The van der Waals surface area contributed by atoms with E-state index in [1.165, 1.54) is 18.2 Å². The lowest BCUT2D eigenvalue weighted by Crippen LogP contribution is -2.33. The topological polar surface area (TPSA) is 49.3 Å². The molecule has 0 aromatic heterocycles. The molecule has 0 saturated heterocycles. The van der Waals surface area contributed by atoms with Crippen molar-refractivity contribution in [2.45, 2.75) is 19.0 Å². The third kappa shape index (κ3) is 3.62. The van der Waals surface area contributed by atoms with Crippen molar-refractivity contribution in [2.75, 3.05) is 5.32 Å². The molecule has 2 N–H and O–H groups in total. The van der Waals surface area contributed by atoms with Gasteiger partial charge in [-0.1, -0.05) is 18.3 Å². The van der Waals surface area contributed by atoms with Gasteiger partial charge in [-0.3, -0.25) is 4.79 Å². The Morgan fingerprint density at radius 1 is 1.32 bits per heavy atom. The van der Waals surface area contributed by atoms with Crippen LogP contribution in [0.25, 0.3) is 0 Å². The molecule has 0 radical (unpaired) electrons. The van der Waals surface area contributed by atoms with E-state index < -0.39 is 42.3 Å². The molecule has 22 heavy (non-hydrogen) atoms. The van der Waals surface area contributed by atoms with Crippen molar-refractivity contribution in [3.63, 3.8) is 0 Å². The van der Waals surface area contributed by atoms with Gasteiger partial charge in [-0.2, -0.15) is 13.2 Å². The number of carbonyl (C=O) groups excluding carboxylic acids is 1. The van der Waals surface area contributed by atoms with Crippen molar-refractivity contribution >= 4 is 28.7 Å². The molecular formula is C14H11F4NO2S. The predicted molar refractivity (Wildman–Crippen MR) is 76.1 cm³/mol. The second-order valence-electron chi connectivity index (χ2n) is 4.86. The van der Waals surface area contributed by atoms with Crippen molar-refractivity contribution in [2.24, 2.45) is 5.92 Å². The standard InChI is InChI=1S/C14H11F4NO2S/c15-8-2-1-3-9(6-8)19-13(22)12-10(20)4-7(5-11(12)21)14(16,17)18/h1-3,6-7,20H,4-5H2,(H,19,22). The van der Waals surface area contributed by atoms with Crippen LogP contribution in [-0.2, 0) is 4.79 Å². The van der Waals surface area contributed by atoms with Crippen molar-refractivity contribution < 1.29 is 27.5 Å². The summed E-state index contributed by atoms with van der Waals surface area (Å²) >= 11 is 4.93. The minimum Gasteiger partial charge on any atom is -0.511 e. The molecule has 0 bridgehead atoms. The fourth-order valence-corrected chi connectivity index (χ4v) is 2.49. The molecule has 1 unspecified atom stereocenters. The van der Waals surface area contributed by atoms with E-state index in [4.69, 9.17) is 12.2 Å². The molecule has 2 rings (SSSR count). The van der Waals surface area contributed by atoms with Gasteiger partial charge < -0.3 is 10.4 Å². The third-order valence-electron chi connectivity index (χ3n) is 3.21. The number of rotatable bonds is 2. The largest absolute Gasteiger partial charge is 0.511 e. The summed E-state index contributed by atoms with van der Waals surface area (Å²) in [4.78, 5) is 11.6. The van der Waals surface area contributed by atoms with Gasteiger partial charge in [0.2, 0.25) is 0 Å². The summed E-state index contributed by atoms with van der Waals surface area (Å²) in [5.41, 5.74) is -0.115. The highest BCUT2D eigenvalue weighted by molar-refractivity contribution is 7.81. The van der Waals surface area contributed by atoms with Crippen molar-refractivity contribution in [1.82, 2.24) is 0 Å². The summed E-state index contributed by atoms with van der Waals surface area (Å²) in [7, 11) is 0. The summed E-state index contributed by atoms with van der Waals surface area (Å²) < 4.78 is 51.0. The molecular weight excluding hydrogens is 322 g/mol. The van der Waals surface area contributed by atoms with Gasteiger partial charge in [-0.05, 0) is 18.2 Å². The molecule has 118 valence electrons. The van der Waals surface area contributed by atoms with Gasteiger partial charge in [-0.15, -0.1) is 0 Å². The maximum Gasteiger partial charge on any atom is 0.392 e. The molecule has 0 saturated carbocycles. The number of nitrogens with one attached hydrogen (secondary N) is 1. The zero-order valence-electron chi connectivity index (χ0n) is 11.1. The fraction of sp³-hybridized carbons (Fsp3) is 0.286. The van der Waals surface area contributed by atoms with Crippen LogP contribution in [0, 0.1) is 11.7 Å². The smallest absolute Gasteiger partial charge is 0.392 e. The van der Waals surface area contributed by atoms with E-state index in [1.54, 1.807) is 0 Å². The first-order valence-corrected chi connectivity index (χ1v) is 6.68. The minimum absolute atomic E-state index is 0.228. The van der Waals surface area contributed by atoms with E-state index in [9.17, 15) is 27.5 Å². The number of anilines is 1. The first-order chi connectivity index (χ1) is 10.2. The average Bonchev–Trinajstić information content (AvgIpc) is 2.36. The lowest BCUT2D eigenvalue weighted by Gasteiger charge is -2.25. The summed E-state index contributed by atoms with van der Waals surface area (Å²) in [6, 6.07) is 5.18. The van der Waals surface area contributed by atoms with E-state index >= 15 is 0 Å². The van der Waals surface area contributed by atoms with Crippen LogP contribution in [0.1, 0.15) is 12.8 Å². The number of allylic oxidation sites excluding steroid dienone is 1. The van der Waals surface area contributed by atoms with Gasteiger partial charge in [0.05, 0.1) is 11.5 Å². The Morgan fingerprint density at radius 3 is 2.55 bits per heavy atom. The lowest BCUT2D eigenvalue weighted by molar-refractivity contribution is -0.180. The van der Waals surface area contributed by atoms with E-state index in [0.717, 1.165) is 6.07 Å². The number of thiocarbonyl (C=S) groups is 1.